The van der Waals surface area contributed by atoms with Crippen molar-refractivity contribution in [1.82, 2.24) is 9.78 Å². The van der Waals surface area contributed by atoms with Gasteiger partial charge < -0.3 is 5.32 Å². The Morgan fingerprint density at radius 1 is 1.21 bits per heavy atom. The lowest BCUT2D eigenvalue weighted by Gasteiger charge is -2.08. The summed E-state index contributed by atoms with van der Waals surface area (Å²) in [5.41, 5.74) is 2.18. The second kappa shape index (κ2) is 6.49. The second-order valence-corrected chi connectivity index (χ2v) is 5.29. The van der Waals surface area contributed by atoms with Crippen molar-refractivity contribution in [3.8, 4) is 11.3 Å². The minimum atomic E-state index is -0.862. The van der Waals surface area contributed by atoms with Crippen molar-refractivity contribution < 1.29 is 9.31 Å². The first-order valence-corrected chi connectivity index (χ1v) is 7.31. The van der Waals surface area contributed by atoms with Crippen LogP contribution in [0.3, 0.4) is 0 Å². The summed E-state index contributed by atoms with van der Waals surface area (Å²) in [4.78, 5) is 10.3. The van der Waals surface area contributed by atoms with Crippen LogP contribution in [0.1, 0.15) is 5.56 Å². The van der Waals surface area contributed by atoms with Gasteiger partial charge in [0.05, 0.1) is 10.6 Å². The van der Waals surface area contributed by atoms with E-state index in [1.807, 2.05) is 36.5 Å². The number of aromatic nitrogens is 2. The van der Waals surface area contributed by atoms with E-state index in [4.69, 9.17) is 0 Å². The summed E-state index contributed by atoms with van der Waals surface area (Å²) in [5.74, 6) is -0.862. The van der Waals surface area contributed by atoms with Gasteiger partial charge in [-0.15, -0.1) is 0 Å². The molecule has 2 aromatic carbocycles. The molecule has 7 heteroatoms. The maximum atomic E-state index is 13.7. The van der Waals surface area contributed by atoms with E-state index in [0.717, 1.165) is 22.9 Å². The number of para-hydroxylation sites is 1. The maximum absolute atomic E-state index is 13.7. The Bertz CT molecular complexity index is 878. The number of nitro benzene ring substituents is 1. The van der Waals surface area contributed by atoms with E-state index in [0.29, 0.717) is 6.54 Å². The molecule has 3 rings (SSSR count). The summed E-state index contributed by atoms with van der Waals surface area (Å²) < 4.78 is 15.4. The molecule has 0 aliphatic carbocycles. The highest BCUT2D eigenvalue weighted by Gasteiger charge is 2.20. The molecule has 1 aromatic heterocycles. The van der Waals surface area contributed by atoms with Gasteiger partial charge in [-0.3, -0.25) is 14.8 Å². The van der Waals surface area contributed by atoms with Crippen LogP contribution in [-0.4, -0.2) is 14.7 Å². The third-order valence-corrected chi connectivity index (χ3v) is 3.59. The van der Waals surface area contributed by atoms with Crippen molar-refractivity contribution in [3.05, 3.63) is 76.2 Å². The molecule has 0 atom stereocenters. The molecule has 1 N–H and O–H groups in total. The molecule has 0 radical (unpaired) electrons. The molecule has 0 amide bonds. The molecule has 3 aromatic rings. The number of hydrogen-bond acceptors (Lipinski definition) is 4. The zero-order valence-corrected chi connectivity index (χ0v) is 12.9. The Morgan fingerprint density at radius 2 is 1.96 bits per heavy atom. The van der Waals surface area contributed by atoms with Gasteiger partial charge in [0.1, 0.15) is 5.69 Å². The average Bonchev–Trinajstić information content (AvgIpc) is 2.94. The third-order valence-electron chi connectivity index (χ3n) is 3.59. The van der Waals surface area contributed by atoms with Gasteiger partial charge in [-0.1, -0.05) is 36.4 Å². The van der Waals surface area contributed by atoms with Crippen molar-refractivity contribution in [2.24, 2.45) is 7.05 Å². The van der Waals surface area contributed by atoms with Crippen LogP contribution in [0.25, 0.3) is 11.3 Å². The largest absolute Gasteiger partial charge is 0.375 e. The summed E-state index contributed by atoms with van der Waals surface area (Å²) in [6.45, 7) is 0.294. The number of hydrogen-bond donors (Lipinski definition) is 1. The number of nitrogens with zero attached hydrogens (tertiary/aromatic N) is 3. The van der Waals surface area contributed by atoms with Gasteiger partial charge in [-0.25, -0.2) is 0 Å². The maximum Gasteiger partial charge on any atom is 0.327 e. The monoisotopic (exact) mass is 326 g/mol. The van der Waals surface area contributed by atoms with Gasteiger partial charge in [0.15, 0.2) is 0 Å². The molecule has 0 bridgehead atoms. The zero-order valence-electron chi connectivity index (χ0n) is 12.9. The second-order valence-electron chi connectivity index (χ2n) is 5.29. The summed E-state index contributed by atoms with van der Waals surface area (Å²) >= 11 is 0. The van der Waals surface area contributed by atoms with Crippen LogP contribution >= 0.6 is 0 Å². The van der Waals surface area contributed by atoms with Crippen molar-refractivity contribution >= 4 is 11.4 Å². The Morgan fingerprint density at radius 3 is 2.67 bits per heavy atom. The molecule has 0 unspecified atom stereocenters. The van der Waals surface area contributed by atoms with Gasteiger partial charge in [-0.05, 0) is 12.1 Å². The number of halogens is 1. The fraction of sp³-hybridized carbons (Fsp3) is 0.118. The van der Waals surface area contributed by atoms with E-state index < -0.39 is 16.4 Å². The molecule has 0 aliphatic rings. The molecular weight excluding hydrogens is 311 g/mol. The van der Waals surface area contributed by atoms with Crippen molar-refractivity contribution in [3.63, 3.8) is 0 Å². The van der Waals surface area contributed by atoms with Crippen molar-refractivity contribution in [2.45, 2.75) is 6.54 Å². The van der Waals surface area contributed by atoms with Crippen LogP contribution in [-0.2, 0) is 13.6 Å². The fourth-order valence-corrected chi connectivity index (χ4v) is 2.54. The molecule has 0 fully saturated rings. The van der Waals surface area contributed by atoms with E-state index in [9.17, 15) is 14.5 Å². The van der Waals surface area contributed by atoms with Crippen LogP contribution in [0.15, 0.2) is 54.7 Å². The molecule has 0 saturated heterocycles. The highest BCUT2D eigenvalue weighted by atomic mass is 19.1. The first kappa shape index (κ1) is 15.7. The quantitative estimate of drug-likeness (QED) is 0.572. The fourth-order valence-electron chi connectivity index (χ4n) is 2.54. The van der Waals surface area contributed by atoms with E-state index in [-0.39, 0.29) is 5.69 Å². The summed E-state index contributed by atoms with van der Waals surface area (Å²) in [7, 11) is 1.81. The number of benzene rings is 2. The van der Waals surface area contributed by atoms with E-state index in [2.05, 4.69) is 10.4 Å². The third kappa shape index (κ3) is 3.10. The van der Waals surface area contributed by atoms with Crippen LogP contribution in [0.2, 0.25) is 0 Å². The normalized spacial score (nSPS) is 10.6. The number of rotatable bonds is 5. The Balaban J connectivity index is 1.89. The lowest BCUT2D eigenvalue weighted by Crippen LogP contribution is -2.04. The summed E-state index contributed by atoms with van der Waals surface area (Å²) in [5, 5.41) is 18.4. The van der Waals surface area contributed by atoms with Gasteiger partial charge in [0.25, 0.3) is 0 Å². The smallest absolute Gasteiger partial charge is 0.327 e. The predicted molar refractivity (Wildman–Crippen MR) is 89.0 cm³/mol. The highest BCUT2D eigenvalue weighted by Crippen LogP contribution is 2.29. The minimum absolute atomic E-state index is 0.142. The van der Waals surface area contributed by atoms with E-state index >= 15 is 0 Å². The molecule has 0 spiro atoms. The van der Waals surface area contributed by atoms with Gasteiger partial charge in [0, 0.05) is 30.9 Å². The molecule has 6 nitrogen and oxygen atoms in total. The Labute approximate surface area is 137 Å². The van der Waals surface area contributed by atoms with E-state index in [1.165, 1.54) is 12.1 Å². The zero-order chi connectivity index (χ0) is 17.1. The SMILES string of the molecule is Cn1cc(CNc2cccc(F)c2[N+](=O)[O-])c(-c2ccccc2)n1. The first-order chi connectivity index (χ1) is 11.6. The molecule has 1 heterocycles. The summed E-state index contributed by atoms with van der Waals surface area (Å²) in [6.07, 6.45) is 1.83. The van der Waals surface area contributed by atoms with Crippen molar-refractivity contribution in [1.29, 1.82) is 0 Å². The minimum Gasteiger partial charge on any atom is -0.375 e. The molecule has 24 heavy (non-hydrogen) atoms. The first-order valence-electron chi connectivity index (χ1n) is 7.31. The van der Waals surface area contributed by atoms with Gasteiger partial charge >= 0.3 is 5.69 Å². The standard InChI is InChI=1S/C17H15FN4O2/c1-21-11-13(16(20-21)12-6-3-2-4-7-12)10-19-15-9-5-8-14(18)17(15)22(23)24/h2-9,11,19H,10H2,1H3. The van der Waals surface area contributed by atoms with Crippen LogP contribution in [0, 0.1) is 15.9 Å². The Hall–Kier alpha value is -3.22. The topological polar surface area (TPSA) is 73.0 Å². The van der Waals surface area contributed by atoms with Crippen LogP contribution < -0.4 is 5.32 Å². The van der Waals surface area contributed by atoms with Crippen molar-refractivity contribution in [2.75, 3.05) is 5.32 Å². The van der Waals surface area contributed by atoms with Gasteiger partial charge in [-0.2, -0.15) is 9.49 Å². The van der Waals surface area contributed by atoms with Gasteiger partial charge in [0.2, 0.25) is 5.82 Å². The average molecular weight is 326 g/mol. The number of anilines is 1. The van der Waals surface area contributed by atoms with E-state index in [1.54, 1.807) is 11.7 Å². The number of nitrogens with one attached hydrogen (secondary N) is 1. The lowest BCUT2D eigenvalue weighted by molar-refractivity contribution is -0.386. The highest BCUT2D eigenvalue weighted by molar-refractivity contribution is 5.65. The number of nitro groups is 1. The molecule has 0 aliphatic heterocycles. The van der Waals surface area contributed by atoms with Crippen LogP contribution in [0.4, 0.5) is 15.8 Å². The van der Waals surface area contributed by atoms with Crippen LogP contribution in [0.5, 0.6) is 0 Å². The Kier molecular flexibility index (Phi) is 4.24. The lowest BCUT2D eigenvalue weighted by atomic mass is 10.1. The number of aryl methyl sites for hydroxylation is 1. The summed E-state index contributed by atoms with van der Waals surface area (Å²) in [6, 6.07) is 13.6. The molecule has 0 saturated carbocycles. The molecular formula is C17H15FN4O2. The molecule has 122 valence electrons. The predicted octanol–water partition coefficient (Wildman–Crippen LogP) is 3.75.